The van der Waals surface area contributed by atoms with Gasteiger partial charge in [0.2, 0.25) is 0 Å². The number of nitrogens with zero attached hydrogens (tertiary/aromatic N) is 1. The van der Waals surface area contributed by atoms with Crippen LogP contribution in [0.1, 0.15) is 44.5 Å². The van der Waals surface area contributed by atoms with Crippen molar-refractivity contribution in [1.82, 2.24) is 0 Å². The third kappa shape index (κ3) is 10.4. The zero-order chi connectivity index (χ0) is 47.8. The summed E-state index contributed by atoms with van der Waals surface area (Å²) >= 11 is 0. The minimum atomic E-state index is -5.94. The van der Waals surface area contributed by atoms with Crippen LogP contribution in [-0.2, 0) is 49.4 Å². The predicted octanol–water partition coefficient (Wildman–Crippen LogP) is 16.6. The molecule has 0 saturated heterocycles. The molecule has 0 aliphatic carbocycles. The summed E-state index contributed by atoms with van der Waals surface area (Å²) in [6, 6.07) is -0.0708. The van der Waals surface area contributed by atoms with Crippen LogP contribution in [0.15, 0.2) is 91.0 Å². The van der Waals surface area contributed by atoms with E-state index in [0.717, 1.165) is 0 Å². The van der Waals surface area contributed by atoms with E-state index in [1.807, 2.05) is 0 Å². The number of halogens is 24. The van der Waals surface area contributed by atoms with Gasteiger partial charge in [-0.3, -0.25) is 0 Å². The molecule has 0 spiro atoms. The number of anilines is 3. The standard InChI is InChI=1S/C38H15F24N/c39-31(40,41)18-9-19(32(42,43)44)11-24(10-18)63(22-5-1-16(2-6-22)29-25(35(51,52)53)12-20(33(45,46)47)13-26(29)36(54,55)56)23-7-3-17(4-8-23)30-27(37(57,58)59)14-21(34(48,49)50)15-28(30)38(60,61)62/h1-15H. The van der Waals surface area contributed by atoms with Gasteiger partial charge in [0.1, 0.15) is 0 Å². The van der Waals surface area contributed by atoms with Crippen LogP contribution in [-0.4, -0.2) is 0 Å². The van der Waals surface area contributed by atoms with Crippen molar-refractivity contribution >= 4 is 17.1 Å². The van der Waals surface area contributed by atoms with Crippen LogP contribution in [0, 0.1) is 0 Å². The largest absolute Gasteiger partial charge is 0.417 e. The minimum Gasteiger partial charge on any atom is -0.310 e. The minimum absolute atomic E-state index is 0.00415. The molecule has 63 heavy (non-hydrogen) atoms. The maximum Gasteiger partial charge on any atom is 0.417 e. The topological polar surface area (TPSA) is 3.24 Å². The lowest BCUT2D eigenvalue weighted by molar-refractivity contribution is -0.150. The highest BCUT2D eigenvalue weighted by molar-refractivity contribution is 5.83. The van der Waals surface area contributed by atoms with E-state index in [4.69, 9.17) is 0 Å². The number of hydrogen-bond acceptors (Lipinski definition) is 1. The molecule has 25 heteroatoms. The molecule has 0 fully saturated rings. The Labute approximate surface area is 334 Å². The molecule has 0 saturated carbocycles. The van der Waals surface area contributed by atoms with Gasteiger partial charge >= 0.3 is 49.4 Å². The molecule has 0 bridgehead atoms. The van der Waals surface area contributed by atoms with Crippen molar-refractivity contribution in [3.05, 3.63) is 136 Å². The Morgan fingerprint density at radius 2 is 0.460 bits per heavy atom. The lowest BCUT2D eigenvalue weighted by atomic mass is 9.90. The van der Waals surface area contributed by atoms with Gasteiger partial charge in [-0.05, 0) is 77.9 Å². The first kappa shape index (κ1) is 48.3. The first-order valence-corrected chi connectivity index (χ1v) is 16.4. The number of rotatable bonds is 5. The second kappa shape index (κ2) is 15.5. The van der Waals surface area contributed by atoms with Crippen molar-refractivity contribution in [3.63, 3.8) is 0 Å². The van der Waals surface area contributed by atoms with E-state index in [-0.39, 0.29) is 12.1 Å². The molecule has 0 aliphatic heterocycles. The Morgan fingerprint density at radius 1 is 0.238 bits per heavy atom. The third-order valence-corrected chi connectivity index (χ3v) is 8.81. The summed E-state index contributed by atoms with van der Waals surface area (Å²) < 4.78 is 333. The Bertz CT molecular complexity index is 2230. The lowest BCUT2D eigenvalue weighted by Crippen LogP contribution is -2.18. The van der Waals surface area contributed by atoms with Crippen molar-refractivity contribution in [1.29, 1.82) is 0 Å². The summed E-state index contributed by atoms with van der Waals surface area (Å²) in [5, 5.41) is 0. The normalized spacial score (nSPS) is 13.7. The van der Waals surface area contributed by atoms with Crippen LogP contribution < -0.4 is 4.90 Å². The van der Waals surface area contributed by atoms with Gasteiger partial charge in [-0.25, -0.2) is 0 Å². The highest BCUT2D eigenvalue weighted by Gasteiger charge is 2.47. The lowest BCUT2D eigenvalue weighted by Gasteiger charge is -2.28. The van der Waals surface area contributed by atoms with E-state index in [1.54, 1.807) is 0 Å². The maximum absolute atomic E-state index is 14.1. The maximum atomic E-state index is 14.1. The van der Waals surface area contributed by atoms with Gasteiger partial charge in [0.05, 0.1) is 44.5 Å². The van der Waals surface area contributed by atoms with Crippen LogP contribution in [0.25, 0.3) is 22.3 Å². The van der Waals surface area contributed by atoms with Crippen molar-refractivity contribution in [3.8, 4) is 22.3 Å². The zero-order valence-electron chi connectivity index (χ0n) is 29.7. The van der Waals surface area contributed by atoms with E-state index in [0.29, 0.717) is 53.4 Å². The first-order valence-electron chi connectivity index (χ1n) is 16.4. The summed E-state index contributed by atoms with van der Waals surface area (Å²) in [7, 11) is 0. The average molecular weight is 941 g/mol. The zero-order valence-corrected chi connectivity index (χ0v) is 29.7. The van der Waals surface area contributed by atoms with Gasteiger partial charge in [0.15, 0.2) is 0 Å². The third-order valence-electron chi connectivity index (χ3n) is 8.81. The second-order valence-electron chi connectivity index (χ2n) is 13.1. The average Bonchev–Trinajstić information content (AvgIpc) is 3.11. The van der Waals surface area contributed by atoms with E-state index in [9.17, 15) is 105 Å². The quantitative estimate of drug-likeness (QED) is 0.159. The molecule has 0 heterocycles. The van der Waals surface area contributed by atoms with Gasteiger partial charge in [0, 0.05) is 28.2 Å². The molecule has 0 aliphatic rings. The van der Waals surface area contributed by atoms with Crippen molar-refractivity contribution in [2.75, 3.05) is 4.90 Å². The molecule has 0 N–H and O–H groups in total. The fourth-order valence-electron chi connectivity index (χ4n) is 6.20. The summed E-state index contributed by atoms with van der Waals surface area (Å²) in [5.74, 6) is 0. The van der Waals surface area contributed by atoms with Gasteiger partial charge in [-0.1, -0.05) is 24.3 Å². The Hall–Kier alpha value is -5.78. The smallest absolute Gasteiger partial charge is 0.310 e. The van der Waals surface area contributed by atoms with E-state index < -0.39 is 164 Å². The van der Waals surface area contributed by atoms with Crippen LogP contribution in [0.5, 0.6) is 0 Å². The highest BCUT2D eigenvalue weighted by Crippen LogP contribution is 2.51. The molecular formula is C38H15F24N. The van der Waals surface area contributed by atoms with Crippen LogP contribution in [0.2, 0.25) is 0 Å². The van der Waals surface area contributed by atoms with Crippen LogP contribution >= 0.6 is 0 Å². The van der Waals surface area contributed by atoms with Crippen molar-refractivity contribution in [2.45, 2.75) is 49.4 Å². The molecule has 0 atom stereocenters. The molecule has 5 aromatic rings. The van der Waals surface area contributed by atoms with Gasteiger partial charge < -0.3 is 4.90 Å². The Balaban J connectivity index is 1.82. The van der Waals surface area contributed by atoms with E-state index in [2.05, 4.69) is 0 Å². The first-order chi connectivity index (χ1) is 28.3. The molecule has 340 valence electrons. The van der Waals surface area contributed by atoms with Gasteiger partial charge in [-0.2, -0.15) is 105 Å². The second-order valence-corrected chi connectivity index (χ2v) is 13.1. The Morgan fingerprint density at radius 3 is 0.667 bits per heavy atom. The number of benzene rings is 5. The highest BCUT2D eigenvalue weighted by atomic mass is 19.4. The predicted molar refractivity (Wildman–Crippen MR) is 172 cm³/mol. The fraction of sp³-hybridized carbons (Fsp3) is 0.211. The molecular weight excluding hydrogens is 926 g/mol. The van der Waals surface area contributed by atoms with E-state index >= 15 is 0 Å². The summed E-state index contributed by atoms with van der Waals surface area (Å²) in [6.07, 6.45) is -46.5. The molecule has 5 rings (SSSR count). The molecule has 1 nitrogen and oxygen atoms in total. The molecule has 0 amide bonds. The SMILES string of the molecule is FC(F)(F)c1cc(N(c2ccc(-c3c(C(F)(F)F)cc(C(F)(F)F)cc3C(F)(F)F)cc2)c2ccc(-c3c(C(F)(F)F)cc(C(F)(F)F)cc3C(F)(F)F)cc2)cc(C(F)(F)F)c1. The number of hydrogen-bond donors (Lipinski definition) is 0. The van der Waals surface area contributed by atoms with Crippen LogP contribution in [0.3, 0.4) is 0 Å². The summed E-state index contributed by atoms with van der Waals surface area (Å²) in [5.41, 5.74) is -28.0. The molecule has 0 unspecified atom stereocenters. The molecule has 0 radical (unpaired) electrons. The fourth-order valence-corrected chi connectivity index (χ4v) is 6.20. The van der Waals surface area contributed by atoms with Crippen molar-refractivity contribution < 1.29 is 105 Å². The van der Waals surface area contributed by atoms with E-state index in [1.165, 1.54) is 0 Å². The van der Waals surface area contributed by atoms with Crippen molar-refractivity contribution in [2.24, 2.45) is 0 Å². The monoisotopic (exact) mass is 941 g/mol. The van der Waals surface area contributed by atoms with Crippen LogP contribution in [0.4, 0.5) is 122 Å². The number of alkyl halides is 24. The Kier molecular flexibility index (Phi) is 11.9. The van der Waals surface area contributed by atoms with Gasteiger partial charge in [-0.15, -0.1) is 0 Å². The summed E-state index contributed by atoms with van der Waals surface area (Å²) in [4.78, 5) is 0.308. The molecule has 0 aromatic heterocycles. The van der Waals surface area contributed by atoms with Gasteiger partial charge in [0.25, 0.3) is 0 Å². The summed E-state index contributed by atoms with van der Waals surface area (Å²) in [6.45, 7) is 0. The molecule has 5 aromatic carbocycles.